The van der Waals surface area contributed by atoms with Gasteiger partial charge in [0, 0.05) is 12.0 Å². The molecule has 0 aromatic rings. The molecule has 0 spiro atoms. The zero-order valence-corrected chi connectivity index (χ0v) is 9.65. The van der Waals surface area contributed by atoms with E-state index in [0.717, 1.165) is 18.9 Å². The third-order valence-electron chi connectivity index (χ3n) is 3.61. The monoisotopic (exact) mass is 245 g/mol. The van der Waals surface area contributed by atoms with Gasteiger partial charge in [-0.25, -0.2) is 18.4 Å². The summed E-state index contributed by atoms with van der Waals surface area (Å²) in [4.78, 5) is 11.1. The molecule has 0 radical (unpaired) electrons. The number of rotatable bonds is 3. The molecule has 2 fully saturated rings. The molecular weight excluding hydrogens is 230 g/mol. The normalized spacial score (nSPS) is 37.3. The Morgan fingerprint density at radius 1 is 1.44 bits per heavy atom. The second kappa shape index (κ2) is 3.85. The van der Waals surface area contributed by atoms with Crippen LogP contribution < -0.4 is 5.14 Å². The number of carbonyl (C=O) groups excluding carboxylic acids is 1. The zero-order valence-electron chi connectivity index (χ0n) is 8.83. The number of sulfonamides is 1. The van der Waals surface area contributed by atoms with Crippen molar-refractivity contribution in [3.63, 3.8) is 0 Å². The van der Waals surface area contributed by atoms with Crippen LogP contribution in [-0.2, 0) is 19.6 Å². The predicted molar refractivity (Wildman–Crippen MR) is 57.8 cm³/mol. The Bertz CT molecular complexity index is 417. The lowest BCUT2D eigenvalue weighted by molar-refractivity contribution is -0.145. The second-order valence-electron chi connectivity index (χ2n) is 4.47. The summed E-state index contributed by atoms with van der Waals surface area (Å²) in [5.41, 5.74) is 0. The van der Waals surface area contributed by atoms with Gasteiger partial charge >= 0.3 is 5.97 Å². The lowest BCUT2D eigenvalue weighted by atomic mass is 10.0. The van der Waals surface area contributed by atoms with E-state index in [2.05, 4.69) is 6.58 Å². The van der Waals surface area contributed by atoms with Gasteiger partial charge < -0.3 is 4.74 Å². The molecule has 2 bridgehead atoms. The number of hydrogen-bond donors (Lipinski definition) is 1. The van der Waals surface area contributed by atoms with Crippen LogP contribution in [0, 0.1) is 11.8 Å². The molecule has 0 heterocycles. The molecule has 90 valence electrons. The third kappa shape index (κ3) is 1.87. The highest BCUT2D eigenvalue weighted by atomic mass is 32.2. The summed E-state index contributed by atoms with van der Waals surface area (Å²) in [7, 11) is -3.53. The lowest BCUT2D eigenvalue weighted by Gasteiger charge is -2.19. The minimum Gasteiger partial charge on any atom is -0.459 e. The van der Waals surface area contributed by atoms with Gasteiger partial charge in [-0.1, -0.05) is 6.58 Å². The number of ether oxygens (including phenoxy) is 1. The van der Waals surface area contributed by atoms with Crippen LogP contribution in [0.1, 0.15) is 19.3 Å². The van der Waals surface area contributed by atoms with Crippen molar-refractivity contribution in [2.24, 2.45) is 17.0 Å². The Morgan fingerprint density at radius 2 is 2.12 bits per heavy atom. The largest absolute Gasteiger partial charge is 0.459 e. The molecule has 16 heavy (non-hydrogen) atoms. The number of fused-ring (bicyclic) bond motifs is 2. The summed E-state index contributed by atoms with van der Waals surface area (Å²) < 4.78 is 27.9. The van der Waals surface area contributed by atoms with E-state index in [4.69, 9.17) is 9.88 Å². The molecule has 0 amide bonds. The number of nitrogens with two attached hydrogens (primary N) is 1. The van der Waals surface area contributed by atoms with E-state index in [1.807, 2.05) is 0 Å². The molecule has 2 N–H and O–H groups in total. The van der Waals surface area contributed by atoms with E-state index in [0.29, 0.717) is 6.42 Å². The topological polar surface area (TPSA) is 86.5 Å². The van der Waals surface area contributed by atoms with Crippen LogP contribution in [0.25, 0.3) is 0 Å². The smallest absolute Gasteiger partial charge is 0.330 e. The summed E-state index contributed by atoms with van der Waals surface area (Å²) in [6.45, 7) is 3.32. The van der Waals surface area contributed by atoms with E-state index in [1.165, 1.54) is 0 Å². The Balaban J connectivity index is 2.14. The van der Waals surface area contributed by atoms with Crippen LogP contribution >= 0.6 is 0 Å². The van der Waals surface area contributed by atoms with Gasteiger partial charge in [-0.15, -0.1) is 0 Å². The van der Waals surface area contributed by atoms with Crippen LogP contribution in [0.2, 0.25) is 0 Å². The van der Waals surface area contributed by atoms with E-state index in [1.54, 1.807) is 0 Å². The first-order valence-electron chi connectivity index (χ1n) is 5.28. The fourth-order valence-corrected chi connectivity index (χ4v) is 4.24. The summed E-state index contributed by atoms with van der Waals surface area (Å²) in [5.74, 6) is -0.488. The molecule has 5 nitrogen and oxygen atoms in total. The van der Waals surface area contributed by atoms with Crippen molar-refractivity contribution in [1.82, 2.24) is 0 Å². The van der Waals surface area contributed by atoms with Gasteiger partial charge in [-0.3, -0.25) is 0 Å². The average molecular weight is 245 g/mol. The van der Waals surface area contributed by atoms with Gasteiger partial charge in [0.2, 0.25) is 10.0 Å². The maximum atomic E-state index is 11.3. The van der Waals surface area contributed by atoms with Crippen molar-refractivity contribution in [3.8, 4) is 0 Å². The molecule has 0 saturated heterocycles. The number of hydrogen-bond acceptors (Lipinski definition) is 4. The fourth-order valence-electron chi connectivity index (χ4n) is 2.95. The molecular formula is C10H15NO4S. The first-order chi connectivity index (χ1) is 7.43. The van der Waals surface area contributed by atoms with Crippen molar-refractivity contribution < 1.29 is 17.9 Å². The van der Waals surface area contributed by atoms with E-state index in [9.17, 15) is 13.2 Å². The highest BCUT2D eigenvalue weighted by Gasteiger charge is 2.53. The second-order valence-corrected chi connectivity index (χ2v) is 6.25. The van der Waals surface area contributed by atoms with E-state index in [-0.39, 0.29) is 17.9 Å². The molecule has 0 aliphatic heterocycles. The van der Waals surface area contributed by atoms with Crippen LogP contribution in [0.15, 0.2) is 12.7 Å². The summed E-state index contributed by atoms with van der Waals surface area (Å²) >= 11 is 0. The minimum atomic E-state index is -3.53. The number of esters is 1. The Hall–Kier alpha value is -0.880. The summed E-state index contributed by atoms with van der Waals surface area (Å²) in [6.07, 6.45) is 2.99. The minimum absolute atomic E-state index is 0.135. The van der Waals surface area contributed by atoms with Crippen LogP contribution in [-0.4, -0.2) is 25.7 Å². The van der Waals surface area contributed by atoms with Gasteiger partial charge in [0.15, 0.2) is 0 Å². The summed E-state index contributed by atoms with van der Waals surface area (Å²) in [5, 5.41) is 4.62. The molecule has 0 aromatic carbocycles. The maximum absolute atomic E-state index is 11.3. The predicted octanol–water partition coefficient (Wildman–Crippen LogP) is 0.171. The average Bonchev–Trinajstić information content (AvgIpc) is 2.74. The fraction of sp³-hybridized carbons (Fsp3) is 0.700. The Kier molecular flexibility index (Phi) is 2.79. The van der Waals surface area contributed by atoms with Crippen molar-refractivity contribution >= 4 is 16.0 Å². The Labute approximate surface area is 94.7 Å². The first kappa shape index (κ1) is 11.6. The lowest BCUT2D eigenvalue weighted by Crippen LogP contribution is -2.35. The van der Waals surface area contributed by atoms with Gasteiger partial charge in [0.1, 0.15) is 6.10 Å². The van der Waals surface area contributed by atoms with Crippen molar-refractivity contribution in [2.45, 2.75) is 30.6 Å². The highest BCUT2D eigenvalue weighted by molar-refractivity contribution is 7.89. The van der Waals surface area contributed by atoms with Crippen molar-refractivity contribution in [2.75, 3.05) is 0 Å². The molecule has 4 atom stereocenters. The number of primary sulfonamides is 1. The molecule has 2 saturated carbocycles. The highest BCUT2D eigenvalue weighted by Crippen LogP contribution is 2.48. The van der Waals surface area contributed by atoms with Crippen molar-refractivity contribution in [1.29, 1.82) is 0 Å². The zero-order chi connectivity index (χ0) is 11.9. The quantitative estimate of drug-likeness (QED) is 0.567. The third-order valence-corrected chi connectivity index (χ3v) is 5.00. The molecule has 2 aliphatic carbocycles. The molecule has 4 unspecified atom stereocenters. The van der Waals surface area contributed by atoms with Gasteiger partial charge in [0.05, 0.1) is 5.25 Å². The summed E-state index contributed by atoms with van der Waals surface area (Å²) in [6, 6.07) is 0. The molecule has 0 aromatic heterocycles. The SMILES string of the molecule is C=CC(=O)OC1C2CCC1C(S(N)(=O)=O)C2. The van der Waals surface area contributed by atoms with Crippen LogP contribution in [0.5, 0.6) is 0 Å². The maximum Gasteiger partial charge on any atom is 0.330 e. The van der Waals surface area contributed by atoms with Crippen LogP contribution in [0.4, 0.5) is 0 Å². The first-order valence-corrected chi connectivity index (χ1v) is 6.89. The molecule has 2 aliphatic rings. The molecule has 2 rings (SSSR count). The Morgan fingerprint density at radius 3 is 2.62 bits per heavy atom. The standard InChI is InChI=1S/C10H15NO4S/c1-2-9(12)15-10-6-3-4-7(10)8(5-6)16(11,13)14/h2,6-8,10H,1,3-5H2,(H2,11,13,14). The van der Waals surface area contributed by atoms with Gasteiger partial charge in [0.25, 0.3) is 0 Å². The van der Waals surface area contributed by atoms with Crippen molar-refractivity contribution in [3.05, 3.63) is 12.7 Å². The van der Waals surface area contributed by atoms with E-state index >= 15 is 0 Å². The van der Waals surface area contributed by atoms with Gasteiger partial charge in [-0.05, 0) is 25.2 Å². The van der Waals surface area contributed by atoms with Crippen LogP contribution in [0.3, 0.4) is 0 Å². The van der Waals surface area contributed by atoms with Gasteiger partial charge in [-0.2, -0.15) is 0 Å². The number of carbonyl (C=O) groups is 1. The van der Waals surface area contributed by atoms with E-state index < -0.39 is 21.2 Å². The molecule has 6 heteroatoms.